The van der Waals surface area contributed by atoms with Crippen LogP contribution in [0.4, 0.5) is 4.79 Å². The number of rotatable bonds is 4. The third kappa shape index (κ3) is 4.35. The zero-order valence-electron chi connectivity index (χ0n) is 14.5. The molecule has 27 heavy (non-hydrogen) atoms. The van der Waals surface area contributed by atoms with E-state index in [0.29, 0.717) is 17.1 Å². The molecule has 0 unspecified atom stereocenters. The van der Waals surface area contributed by atoms with Crippen LogP contribution in [-0.2, 0) is 14.3 Å². The number of urea groups is 1. The number of para-hydroxylation sites is 2. The van der Waals surface area contributed by atoms with E-state index in [9.17, 15) is 14.4 Å². The number of hydrogen-bond donors (Lipinski definition) is 2. The number of nitrogens with one attached hydrogen (secondary N) is 2. The number of carbonyl (C=O) groups excluding carboxylic acids is 3. The Hall–Kier alpha value is -3.55. The van der Waals surface area contributed by atoms with E-state index in [2.05, 4.69) is 10.6 Å². The van der Waals surface area contributed by atoms with Crippen molar-refractivity contribution < 1.29 is 28.6 Å². The van der Waals surface area contributed by atoms with Crippen molar-refractivity contribution in [3.05, 3.63) is 60.2 Å². The highest BCUT2D eigenvalue weighted by Gasteiger charge is 2.33. The quantitative estimate of drug-likeness (QED) is 0.792. The molecule has 0 bridgehead atoms. The normalized spacial score (nSPS) is 16.0. The van der Waals surface area contributed by atoms with Gasteiger partial charge in [-0.1, -0.05) is 42.5 Å². The first-order valence-electron chi connectivity index (χ1n) is 8.25. The lowest BCUT2D eigenvalue weighted by atomic mass is 10.1. The molecule has 1 heterocycles. The lowest BCUT2D eigenvalue weighted by molar-refractivity contribution is -0.165. The largest absolute Gasteiger partial charge is 0.485 e. The Morgan fingerprint density at radius 3 is 2.41 bits per heavy atom. The molecule has 2 aromatic rings. The summed E-state index contributed by atoms with van der Waals surface area (Å²) in [6, 6.07) is 14.6. The van der Waals surface area contributed by atoms with Gasteiger partial charge in [0, 0.05) is 12.6 Å². The van der Waals surface area contributed by atoms with Gasteiger partial charge in [-0.25, -0.2) is 9.59 Å². The van der Waals surface area contributed by atoms with E-state index in [0.717, 1.165) is 0 Å². The minimum atomic E-state index is -1.31. The highest BCUT2D eigenvalue weighted by molar-refractivity contribution is 5.97. The van der Waals surface area contributed by atoms with Crippen molar-refractivity contribution in [2.24, 2.45) is 0 Å². The Morgan fingerprint density at radius 2 is 1.70 bits per heavy atom. The monoisotopic (exact) mass is 370 g/mol. The van der Waals surface area contributed by atoms with Crippen molar-refractivity contribution in [3.63, 3.8) is 0 Å². The van der Waals surface area contributed by atoms with Crippen LogP contribution < -0.4 is 20.1 Å². The molecule has 0 radical (unpaired) electrons. The summed E-state index contributed by atoms with van der Waals surface area (Å²) in [5.41, 5.74) is 0.421. The van der Waals surface area contributed by atoms with Crippen LogP contribution in [0.3, 0.4) is 0 Å². The standard InChI is InChI=1S/C19H18N2O6/c1-20-19(24)21-17(22)16(12-7-3-2-4-8-12)27-18(23)15-11-25-13-9-5-6-10-14(13)26-15/h2-10,15-16H,11H2,1H3,(H2,20,21,22,24)/t15-,16+/m0/s1. The van der Waals surface area contributed by atoms with E-state index in [1.165, 1.54) is 7.05 Å². The van der Waals surface area contributed by atoms with E-state index < -0.39 is 30.1 Å². The van der Waals surface area contributed by atoms with Crippen LogP contribution in [0.1, 0.15) is 11.7 Å². The predicted molar refractivity (Wildman–Crippen MR) is 94.2 cm³/mol. The first kappa shape index (κ1) is 18.2. The Kier molecular flexibility index (Phi) is 5.55. The first-order chi connectivity index (χ1) is 13.1. The van der Waals surface area contributed by atoms with Crippen molar-refractivity contribution in [2.75, 3.05) is 13.7 Å². The molecule has 8 nitrogen and oxygen atoms in total. The summed E-state index contributed by atoms with van der Waals surface area (Å²) < 4.78 is 16.5. The zero-order valence-corrected chi connectivity index (χ0v) is 14.5. The Balaban J connectivity index is 1.75. The molecule has 2 atom stereocenters. The molecule has 0 saturated carbocycles. The molecular weight excluding hydrogens is 352 g/mol. The number of imide groups is 1. The fourth-order valence-corrected chi connectivity index (χ4v) is 2.47. The molecule has 0 saturated heterocycles. The summed E-state index contributed by atoms with van der Waals surface area (Å²) in [7, 11) is 1.37. The summed E-state index contributed by atoms with van der Waals surface area (Å²) in [6.45, 7) is -0.0472. The number of esters is 1. The SMILES string of the molecule is CNC(=O)NC(=O)[C@H](OC(=O)[C@@H]1COc2ccccc2O1)c1ccccc1. The molecule has 0 aliphatic carbocycles. The van der Waals surface area contributed by atoms with E-state index in [-0.39, 0.29) is 6.61 Å². The second-order valence-electron chi connectivity index (χ2n) is 5.66. The molecule has 0 fully saturated rings. The summed E-state index contributed by atoms with van der Waals surface area (Å²) >= 11 is 0. The number of fused-ring (bicyclic) bond motifs is 1. The lowest BCUT2D eigenvalue weighted by Gasteiger charge is -2.26. The van der Waals surface area contributed by atoms with E-state index in [4.69, 9.17) is 14.2 Å². The lowest BCUT2D eigenvalue weighted by Crippen LogP contribution is -2.44. The predicted octanol–water partition coefficient (Wildman–Crippen LogP) is 1.57. The van der Waals surface area contributed by atoms with E-state index >= 15 is 0 Å². The highest BCUT2D eigenvalue weighted by atomic mass is 16.6. The molecule has 1 aliphatic rings. The third-order valence-corrected chi connectivity index (χ3v) is 3.81. The number of carbonyl (C=O) groups is 3. The van der Waals surface area contributed by atoms with Gasteiger partial charge in [0.15, 0.2) is 11.5 Å². The molecule has 0 aromatic heterocycles. The van der Waals surface area contributed by atoms with Crippen LogP contribution in [0.5, 0.6) is 11.5 Å². The second-order valence-corrected chi connectivity index (χ2v) is 5.66. The van der Waals surface area contributed by atoms with Gasteiger partial charge in [-0.3, -0.25) is 10.1 Å². The Bertz CT molecular complexity index is 839. The van der Waals surface area contributed by atoms with Gasteiger partial charge >= 0.3 is 12.0 Å². The number of ether oxygens (including phenoxy) is 3. The van der Waals surface area contributed by atoms with Crippen LogP contribution in [0.25, 0.3) is 0 Å². The van der Waals surface area contributed by atoms with E-state index in [1.807, 2.05) is 0 Å². The van der Waals surface area contributed by atoms with Gasteiger partial charge in [0.2, 0.25) is 12.2 Å². The first-order valence-corrected chi connectivity index (χ1v) is 8.25. The van der Waals surface area contributed by atoms with Crippen LogP contribution in [0.2, 0.25) is 0 Å². The van der Waals surface area contributed by atoms with Crippen LogP contribution >= 0.6 is 0 Å². The maximum absolute atomic E-state index is 12.5. The molecule has 3 amide bonds. The maximum atomic E-state index is 12.5. The average molecular weight is 370 g/mol. The highest BCUT2D eigenvalue weighted by Crippen LogP contribution is 2.31. The molecule has 2 N–H and O–H groups in total. The maximum Gasteiger partial charge on any atom is 0.352 e. The molecule has 2 aromatic carbocycles. The van der Waals surface area contributed by atoms with Gasteiger partial charge in [-0.15, -0.1) is 0 Å². The van der Waals surface area contributed by atoms with E-state index in [1.54, 1.807) is 54.6 Å². The van der Waals surface area contributed by atoms with Gasteiger partial charge in [-0.05, 0) is 12.1 Å². The fourth-order valence-electron chi connectivity index (χ4n) is 2.47. The second kappa shape index (κ2) is 8.22. The van der Waals surface area contributed by atoms with Gasteiger partial charge in [0.05, 0.1) is 0 Å². The van der Waals surface area contributed by atoms with Gasteiger partial charge in [0.1, 0.15) is 6.61 Å². The average Bonchev–Trinajstić information content (AvgIpc) is 2.71. The Morgan fingerprint density at radius 1 is 1.04 bits per heavy atom. The minimum absolute atomic E-state index is 0.0472. The number of benzene rings is 2. The molecule has 1 aliphatic heterocycles. The van der Waals surface area contributed by atoms with Gasteiger partial charge < -0.3 is 19.5 Å². The van der Waals surface area contributed by atoms with Gasteiger partial charge in [-0.2, -0.15) is 0 Å². The summed E-state index contributed by atoms with van der Waals surface area (Å²) in [6.07, 6.45) is -2.34. The summed E-state index contributed by atoms with van der Waals surface area (Å²) in [4.78, 5) is 36.4. The van der Waals surface area contributed by atoms with Crippen LogP contribution in [-0.4, -0.2) is 37.7 Å². The molecule has 0 spiro atoms. The Labute approximate surface area is 155 Å². The topological polar surface area (TPSA) is 103 Å². The fraction of sp³-hybridized carbons (Fsp3) is 0.211. The minimum Gasteiger partial charge on any atom is -0.485 e. The van der Waals surface area contributed by atoms with Crippen molar-refractivity contribution in [1.29, 1.82) is 0 Å². The van der Waals surface area contributed by atoms with Crippen LogP contribution in [0, 0.1) is 0 Å². The number of hydrogen-bond acceptors (Lipinski definition) is 6. The third-order valence-electron chi connectivity index (χ3n) is 3.81. The van der Waals surface area contributed by atoms with Crippen molar-refractivity contribution in [2.45, 2.75) is 12.2 Å². The van der Waals surface area contributed by atoms with Gasteiger partial charge in [0.25, 0.3) is 5.91 Å². The summed E-state index contributed by atoms with van der Waals surface area (Å²) in [5.74, 6) is -0.605. The summed E-state index contributed by atoms with van der Waals surface area (Å²) in [5, 5.41) is 4.39. The smallest absolute Gasteiger partial charge is 0.352 e. The zero-order chi connectivity index (χ0) is 19.2. The molecule has 140 valence electrons. The van der Waals surface area contributed by atoms with Crippen LogP contribution in [0.15, 0.2) is 54.6 Å². The van der Waals surface area contributed by atoms with Crippen molar-refractivity contribution in [3.8, 4) is 11.5 Å². The number of amides is 3. The molecular formula is C19H18N2O6. The van der Waals surface area contributed by atoms with Crippen molar-refractivity contribution >= 4 is 17.9 Å². The molecule has 3 rings (SSSR count). The van der Waals surface area contributed by atoms with Crippen molar-refractivity contribution in [1.82, 2.24) is 10.6 Å². The molecule has 8 heteroatoms.